The van der Waals surface area contributed by atoms with Crippen LogP contribution in [0.2, 0.25) is 0 Å². The van der Waals surface area contributed by atoms with E-state index in [-0.39, 0.29) is 24.0 Å². The van der Waals surface area contributed by atoms with E-state index >= 15 is 0 Å². The first-order chi connectivity index (χ1) is 12.4. The summed E-state index contributed by atoms with van der Waals surface area (Å²) in [5.74, 6) is -0.613. The zero-order valence-electron chi connectivity index (χ0n) is 16.0. The normalized spacial score (nSPS) is 18.6. The zero-order valence-corrected chi connectivity index (χ0v) is 18.1. The number of ether oxygens (including phenoxy) is 1. The van der Waals surface area contributed by atoms with Crippen molar-refractivity contribution in [2.24, 2.45) is 0 Å². The molecule has 3 rings (SSSR count). The van der Waals surface area contributed by atoms with E-state index in [1.165, 1.54) is 6.42 Å². The number of esters is 1. The zero-order chi connectivity index (χ0) is 18.6. The molecule has 1 fully saturated rings. The Morgan fingerprint density at radius 3 is 2.04 bits per heavy atom. The van der Waals surface area contributed by atoms with Crippen molar-refractivity contribution < 1.29 is 43.1 Å². The predicted molar refractivity (Wildman–Crippen MR) is 101 cm³/mol. The summed E-state index contributed by atoms with van der Waals surface area (Å²) in [5, 5.41) is 11.3. The van der Waals surface area contributed by atoms with Gasteiger partial charge >= 0.3 is 5.97 Å². The van der Waals surface area contributed by atoms with Gasteiger partial charge in [-0.25, -0.2) is 4.79 Å². The van der Waals surface area contributed by atoms with Crippen molar-refractivity contribution in [1.82, 2.24) is 0 Å². The van der Waals surface area contributed by atoms with Gasteiger partial charge < -0.3 is 38.3 Å². The fraction of sp³-hybridized carbons (Fsp3) is 0.409. The number of hydrogen-bond acceptors (Lipinski definition) is 3. The average molecular weight is 481 g/mol. The molecule has 1 heterocycles. The molecule has 2 aromatic rings. The second-order valence-corrected chi connectivity index (χ2v) is 7.67. The van der Waals surface area contributed by atoms with E-state index in [0.717, 1.165) is 23.9 Å². The Balaban J connectivity index is 0.00000261. The van der Waals surface area contributed by atoms with E-state index in [9.17, 15) is 9.90 Å². The van der Waals surface area contributed by atoms with Gasteiger partial charge in [-0.3, -0.25) is 0 Å². The van der Waals surface area contributed by atoms with Crippen molar-refractivity contribution in [3.63, 3.8) is 0 Å². The van der Waals surface area contributed by atoms with Gasteiger partial charge in [0.25, 0.3) is 0 Å². The molecule has 0 spiro atoms. The third-order valence-electron chi connectivity index (χ3n) is 5.62. The van der Waals surface area contributed by atoms with Crippen molar-refractivity contribution in [3.8, 4) is 0 Å². The van der Waals surface area contributed by atoms with E-state index in [1.807, 2.05) is 36.4 Å². The van der Waals surface area contributed by atoms with Crippen LogP contribution in [0.25, 0.3) is 0 Å². The minimum atomic E-state index is -1.79. The highest BCUT2D eigenvalue weighted by molar-refractivity contribution is 5.85. The molecule has 4 nitrogen and oxygen atoms in total. The second-order valence-electron chi connectivity index (χ2n) is 7.67. The van der Waals surface area contributed by atoms with Gasteiger partial charge in [-0.05, 0) is 11.1 Å². The summed E-state index contributed by atoms with van der Waals surface area (Å²) in [6.45, 7) is 1.49. The number of hydrogen-bond donors (Lipinski definition) is 1. The van der Waals surface area contributed by atoms with Gasteiger partial charge in [0.05, 0.1) is 33.3 Å². The van der Waals surface area contributed by atoms with Crippen LogP contribution >= 0.6 is 0 Å². The van der Waals surface area contributed by atoms with Crippen LogP contribution in [0.15, 0.2) is 60.7 Å². The highest BCUT2D eigenvalue weighted by Gasteiger charge is 2.42. The number of aliphatic hydroxyl groups is 1. The maximum absolute atomic E-state index is 12.9. The van der Waals surface area contributed by atoms with Crippen LogP contribution in [-0.2, 0) is 15.1 Å². The van der Waals surface area contributed by atoms with E-state index in [0.29, 0.717) is 23.8 Å². The summed E-state index contributed by atoms with van der Waals surface area (Å²) in [6, 6.07) is 18.5. The minimum absolute atomic E-state index is 0. The maximum Gasteiger partial charge on any atom is 0.347 e. The molecule has 0 amide bonds. The van der Waals surface area contributed by atoms with Crippen molar-refractivity contribution in [2.45, 2.75) is 30.9 Å². The molecule has 0 aliphatic carbocycles. The van der Waals surface area contributed by atoms with Gasteiger partial charge in [0, 0.05) is 19.3 Å². The van der Waals surface area contributed by atoms with Gasteiger partial charge in [-0.15, -0.1) is 0 Å². The van der Waals surface area contributed by atoms with E-state index < -0.39 is 11.6 Å². The van der Waals surface area contributed by atoms with E-state index in [1.54, 1.807) is 24.3 Å². The summed E-state index contributed by atoms with van der Waals surface area (Å²) >= 11 is 0. The molecule has 0 radical (unpaired) electrons. The fourth-order valence-corrected chi connectivity index (χ4v) is 3.91. The second kappa shape index (κ2) is 9.17. The maximum atomic E-state index is 12.9. The topological polar surface area (TPSA) is 46.5 Å². The van der Waals surface area contributed by atoms with Crippen LogP contribution in [0.3, 0.4) is 0 Å². The minimum Gasteiger partial charge on any atom is -1.00 e. The lowest BCUT2D eigenvalue weighted by Crippen LogP contribution is -3.00. The fourth-order valence-electron chi connectivity index (χ4n) is 3.91. The first kappa shape index (κ1) is 21.9. The molecule has 1 atom stereocenters. The summed E-state index contributed by atoms with van der Waals surface area (Å²) in [4.78, 5) is 12.9. The Morgan fingerprint density at radius 1 is 1.07 bits per heavy atom. The molecule has 5 heteroatoms. The number of benzene rings is 2. The number of rotatable bonds is 6. The smallest absolute Gasteiger partial charge is 0.347 e. The summed E-state index contributed by atoms with van der Waals surface area (Å²) in [5.41, 5.74) is -0.746. The lowest BCUT2D eigenvalue weighted by atomic mass is 9.86. The molecule has 1 N–H and O–H groups in total. The summed E-state index contributed by atoms with van der Waals surface area (Å²) < 4.78 is 6.54. The van der Waals surface area contributed by atoms with Crippen LogP contribution in [0.5, 0.6) is 0 Å². The van der Waals surface area contributed by atoms with Crippen LogP contribution < -0.4 is 24.0 Å². The van der Waals surface area contributed by atoms with Crippen molar-refractivity contribution in [1.29, 1.82) is 0 Å². The van der Waals surface area contributed by atoms with Crippen LogP contribution in [0, 0.1) is 0 Å². The molecule has 1 aliphatic heterocycles. The Hall–Kier alpha value is -1.44. The number of halogens is 1. The number of nitrogens with zero attached hydrogens (tertiary/aromatic N) is 1. The van der Waals surface area contributed by atoms with Gasteiger partial charge in [0.1, 0.15) is 0 Å². The molecule has 1 unspecified atom stereocenters. The van der Waals surface area contributed by atoms with Gasteiger partial charge in [0.2, 0.25) is 5.60 Å². The van der Waals surface area contributed by atoms with Gasteiger partial charge in [-0.1, -0.05) is 60.7 Å². The summed E-state index contributed by atoms with van der Waals surface area (Å²) in [6.07, 6.45) is 3.19. The van der Waals surface area contributed by atoms with Crippen LogP contribution in [0.4, 0.5) is 0 Å². The molecular weight excluding hydrogens is 453 g/mol. The highest BCUT2D eigenvalue weighted by atomic mass is 127. The number of carbonyl (C=O) groups is 1. The number of likely N-dealkylation sites (tertiary alicyclic amines) is 1. The molecule has 0 aromatic heterocycles. The van der Waals surface area contributed by atoms with E-state index in [2.05, 4.69) is 14.1 Å². The SMILES string of the molecule is C[N+]1(C)CCCC1CCOC(=O)C(O)(c1ccccc1)c1ccccc1.[I-]. The predicted octanol–water partition coefficient (Wildman–Crippen LogP) is 0.0986. The molecule has 0 bridgehead atoms. The third-order valence-corrected chi connectivity index (χ3v) is 5.62. The summed E-state index contributed by atoms with van der Waals surface area (Å²) in [7, 11) is 4.45. The van der Waals surface area contributed by atoms with Crippen LogP contribution in [-0.4, -0.2) is 48.8 Å². The number of carbonyl (C=O) groups excluding carboxylic acids is 1. The molecular formula is C22H28INO3. The Morgan fingerprint density at radius 2 is 1.59 bits per heavy atom. The Kier molecular flexibility index (Phi) is 7.42. The third kappa shape index (κ3) is 4.70. The van der Waals surface area contributed by atoms with Crippen molar-refractivity contribution in [3.05, 3.63) is 71.8 Å². The van der Waals surface area contributed by atoms with Gasteiger partial charge in [0.15, 0.2) is 0 Å². The molecule has 1 saturated heterocycles. The largest absolute Gasteiger partial charge is 1.00 e. The lowest BCUT2D eigenvalue weighted by molar-refractivity contribution is -0.902. The van der Waals surface area contributed by atoms with Crippen molar-refractivity contribution in [2.75, 3.05) is 27.2 Å². The monoisotopic (exact) mass is 481 g/mol. The molecule has 146 valence electrons. The molecule has 2 aromatic carbocycles. The Labute approximate surface area is 178 Å². The molecule has 0 saturated carbocycles. The quantitative estimate of drug-likeness (QED) is 0.362. The highest BCUT2D eigenvalue weighted by Crippen LogP contribution is 2.31. The van der Waals surface area contributed by atoms with Crippen molar-refractivity contribution >= 4 is 5.97 Å². The van der Waals surface area contributed by atoms with E-state index in [4.69, 9.17) is 4.74 Å². The first-order valence-corrected chi connectivity index (χ1v) is 9.28. The van der Waals surface area contributed by atoms with Crippen LogP contribution in [0.1, 0.15) is 30.4 Å². The van der Waals surface area contributed by atoms with Gasteiger partial charge in [-0.2, -0.15) is 0 Å². The number of quaternary nitrogens is 1. The standard InChI is InChI=1S/C22H28NO3.HI/c1-23(2)16-9-14-20(23)15-17-26-21(24)22(25,18-10-5-3-6-11-18)19-12-7-4-8-13-19;/h3-8,10-13,20,25H,9,14-17H2,1-2H3;1H/q+1;/p-1. The first-order valence-electron chi connectivity index (χ1n) is 9.28. The lowest BCUT2D eigenvalue weighted by Gasteiger charge is -2.32. The molecule has 27 heavy (non-hydrogen) atoms. The average Bonchev–Trinajstić information content (AvgIpc) is 3.00. The Bertz CT molecular complexity index is 694. The molecule has 1 aliphatic rings.